The molecule has 23 heavy (non-hydrogen) atoms. The molecule has 1 saturated heterocycles. The van der Waals surface area contributed by atoms with Crippen LogP contribution in [0.2, 0.25) is 0 Å². The maximum absolute atomic E-state index is 12.3. The lowest BCUT2D eigenvalue weighted by Gasteiger charge is -2.15. The van der Waals surface area contributed by atoms with Crippen molar-refractivity contribution in [3.63, 3.8) is 0 Å². The first-order valence-electron chi connectivity index (χ1n) is 7.53. The van der Waals surface area contributed by atoms with Crippen molar-refractivity contribution in [2.45, 2.75) is 19.8 Å². The van der Waals surface area contributed by atoms with Gasteiger partial charge in [0.2, 0.25) is 17.7 Å². The van der Waals surface area contributed by atoms with E-state index in [0.717, 1.165) is 14.9 Å². The number of rotatable bonds is 3. The van der Waals surface area contributed by atoms with Crippen LogP contribution in [0.3, 0.4) is 0 Å². The number of aryl methyl sites for hydroxylation is 1. The number of fused-ring (bicyclic) bond motifs is 1. The molecule has 1 aromatic carbocycles. The molecule has 6 heteroatoms. The van der Waals surface area contributed by atoms with Gasteiger partial charge in [-0.3, -0.25) is 19.3 Å². The fourth-order valence-electron chi connectivity index (χ4n) is 3.08. The van der Waals surface area contributed by atoms with Gasteiger partial charge in [-0.1, -0.05) is 18.2 Å². The molecular weight excluding hydrogens is 360 g/mol. The lowest BCUT2D eigenvalue weighted by Crippen LogP contribution is -2.38. The Balaban J connectivity index is 1.68. The molecule has 0 saturated carbocycles. The molecule has 0 radical (unpaired) electrons. The van der Waals surface area contributed by atoms with E-state index in [1.807, 2.05) is 31.2 Å². The molecular formula is C17H17BrN2O3. The van der Waals surface area contributed by atoms with E-state index in [4.69, 9.17) is 0 Å². The van der Waals surface area contributed by atoms with Gasteiger partial charge in [0.05, 0.1) is 17.5 Å². The Hall–Kier alpha value is -1.95. The van der Waals surface area contributed by atoms with Gasteiger partial charge < -0.3 is 5.32 Å². The van der Waals surface area contributed by atoms with Crippen molar-refractivity contribution < 1.29 is 14.4 Å². The molecule has 120 valence electrons. The summed E-state index contributed by atoms with van der Waals surface area (Å²) in [6.07, 6.45) is 5.02. The molecule has 1 aliphatic carbocycles. The maximum atomic E-state index is 12.3. The van der Waals surface area contributed by atoms with E-state index in [1.165, 1.54) is 0 Å². The van der Waals surface area contributed by atoms with Gasteiger partial charge in [0.25, 0.3) is 0 Å². The van der Waals surface area contributed by atoms with Crippen LogP contribution in [0.5, 0.6) is 0 Å². The van der Waals surface area contributed by atoms with Crippen LogP contribution in [0.4, 0.5) is 5.69 Å². The van der Waals surface area contributed by atoms with Crippen LogP contribution in [-0.2, 0) is 14.4 Å². The number of hydrogen-bond donors (Lipinski definition) is 1. The molecule has 3 amide bonds. The summed E-state index contributed by atoms with van der Waals surface area (Å²) >= 11 is 3.39. The van der Waals surface area contributed by atoms with Gasteiger partial charge in [-0.2, -0.15) is 0 Å². The molecule has 0 bridgehead atoms. The second-order valence-corrected chi connectivity index (χ2v) is 6.80. The third-order valence-electron chi connectivity index (χ3n) is 4.30. The average Bonchev–Trinajstić information content (AvgIpc) is 2.76. The van der Waals surface area contributed by atoms with Crippen LogP contribution >= 0.6 is 15.9 Å². The summed E-state index contributed by atoms with van der Waals surface area (Å²) in [5, 5.41) is 2.74. The zero-order valence-electron chi connectivity index (χ0n) is 12.7. The number of anilines is 1. The normalized spacial score (nSPS) is 23.1. The van der Waals surface area contributed by atoms with Gasteiger partial charge in [-0.15, -0.1) is 0 Å². The lowest BCUT2D eigenvalue weighted by atomic mass is 9.85. The minimum Gasteiger partial charge on any atom is -0.324 e. The number of nitrogens with zero attached hydrogens (tertiary/aromatic N) is 1. The first kappa shape index (κ1) is 15.9. The lowest BCUT2D eigenvalue weighted by molar-refractivity contribution is -0.142. The molecule has 2 atom stereocenters. The van der Waals surface area contributed by atoms with Gasteiger partial charge in [-0.25, -0.2) is 0 Å². The van der Waals surface area contributed by atoms with E-state index in [0.29, 0.717) is 18.5 Å². The van der Waals surface area contributed by atoms with Crippen LogP contribution in [0, 0.1) is 18.8 Å². The number of likely N-dealkylation sites (tertiary alicyclic amines) is 1. The summed E-state index contributed by atoms with van der Waals surface area (Å²) in [6, 6.07) is 5.56. The first-order chi connectivity index (χ1) is 11.0. The summed E-state index contributed by atoms with van der Waals surface area (Å²) in [5.74, 6) is -1.44. The SMILES string of the molecule is Cc1ccc(NC(=O)CN2C(=O)[C@H]3CC=CC[C@H]3C2=O)c(Br)c1. The fourth-order valence-corrected chi connectivity index (χ4v) is 3.67. The van der Waals surface area contributed by atoms with Crippen LogP contribution < -0.4 is 5.32 Å². The Kier molecular flexibility index (Phi) is 4.35. The highest BCUT2D eigenvalue weighted by Crippen LogP contribution is 2.35. The molecule has 0 aromatic heterocycles. The summed E-state index contributed by atoms with van der Waals surface area (Å²) in [7, 11) is 0. The van der Waals surface area contributed by atoms with Crippen molar-refractivity contribution in [2.75, 3.05) is 11.9 Å². The number of carbonyl (C=O) groups is 3. The number of allylic oxidation sites excluding steroid dienone is 2. The second kappa shape index (κ2) is 6.28. The molecule has 1 aromatic rings. The van der Waals surface area contributed by atoms with Gasteiger partial charge in [0.1, 0.15) is 6.54 Å². The quantitative estimate of drug-likeness (QED) is 0.651. The van der Waals surface area contributed by atoms with Crippen molar-refractivity contribution in [3.05, 3.63) is 40.4 Å². The summed E-state index contributed by atoms with van der Waals surface area (Å²) in [4.78, 5) is 38.0. The van der Waals surface area contributed by atoms with Crippen molar-refractivity contribution in [1.29, 1.82) is 0 Å². The molecule has 1 fully saturated rings. The smallest absolute Gasteiger partial charge is 0.244 e. The van der Waals surface area contributed by atoms with Crippen LogP contribution in [-0.4, -0.2) is 29.2 Å². The van der Waals surface area contributed by atoms with Crippen LogP contribution in [0.25, 0.3) is 0 Å². The van der Waals surface area contributed by atoms with E-state index in [9.17, 15) is 14.4 Å². The molecule has 1 heterocycles. The fraction of sp³-hybridized carbons (Fsp3) is 0.353. The van der Waals surface area contributed by atoms with Crippen molar-refractivity contribution in [2.24, 2.45) is 11.8 Å². The Morgan fingerprint density at radius 3 is 2.39 bits per heavy atom. The molecule has 5 nitrogen and oxygen atoms in total. The molecule has 2 aliphatic rings. The predicted octanol–water partition coefficient (Wildman–Crippen LogP) is 2.65. The Morgan fingerprint density at radius 2 is 1.83 bits per heavy atom. The largest absolute Gasteiger partial charge is 0.324 e. The molecule has 1 N–H and O–H groups in total. The summed E-state index contributed by atoms with van der Waals surface area (Å²) in [6.45, 7) is 1.72. The van der Waals surface area contributed by atoms with E-state index < -0.39 is 0 Å². The minimum atomic E-state index is -0.372. The monoisotopic (exact) mass is 376 g/mol. The summed E-state index contributed by atoms with van der Waals surface area (Å²) < 4.78 is 0.766. The number of hydrogen-bond acceptors (Lipinski definition) is 3. The Morgan fingerprint density at radius 1 is 1.22 bits per heavy atom. The van der Waals surface area contributed by atoms with Gasteiger partial charge >= 0.3 is 0 Å². The number of amides is 3. The maximum Gasteiger partial charge on any atom is 0.244 e. The minimum absolute atomic E-state index is 0.231. The third kappa shape index (κ3) is 3.08. The van der Waals surface area contributed by atoms with E-state index >= 15 is 0 Å². The Bertz CT molecular complexity index is 688. The zero-order chi connectivity index (χ0) is 16.6. The number of halogens is 1. The summed E-state index contributed by atoms with van der Waals surface area (Å²) in [5.41, 5.74) is 1.69. The van der Waals surface area contributed by atoms with Gasteiger partial charge in [0, 0.05) is 4.47 Å². The van der Waals surface area contributed by atoms with Gasteiger partial charge in [-0.05, 0) is 53.4 Å². The Labute approximate surface area is 142 Å². The topological polar surface area (TPSA) is 66.5 Å². The van der Waals surface area contributed by atoms with E-state index in [2.05, 4.69) is 21.2 Å². The zero-order valence-corrected chi connectivity index (χ0v) is 14.3. The number of carbonyl (C=O) groups excluding carboxylic acids is 3. The highest BCUT2D eigenvalue weighted by molar-refractivity contribution is 9.10. The van der Waals surface area contributed by atoms with Crippen molar-refractivity contribution >= 4 is 39.3 Å². The molecule has 1 aliphatic heterocycles. The highest BCUT2D eigenvalue weighted by Gasteiger charge is 2.47. The predicted molar refractivity (Wildman–Crippen MR) is 89.6 cm³/mol. The van der Waals surface area contributed by atoms with Crippen molar-refractivity contribution in [1.82, 2.24) is 4.90 Å². The van der Waals surface area contributed by atoms with Gasteiger partial charge in [0.15, 0.2) is 0 Å². The third-order valence-corrected chi connectivity index (χ3v) is 4.96. The number of imide groups is 1. The average molecular weight is 377 g/mol. The van der Waals surface area contributed by atoms with Crippen LogP contribution in [0.15, 0.2) is 34.8 Å². The highest BCUT2D eigenvalue weighted by atomic mass is 79.9. The molecule has 3 rings (SSSR count). The molecule has 0 unspecified atom stereocenters. The van der Waals surface area contributed by atoms with E-state index in [-0.39, 0.29) is 36.1 Å². The first-order valence-corrected chi connectivity index (χ1v) is 8.33. The number of nitrogens with one attached hydrogen (secondary N) is 1. The van der Waals surface area contributed by atoms with E-state index in [1.54, 1.807) is 6.07 Å². The molecule has 0 spiro atoms. The number of benzene rings is 1. The van der Waals surface area contributed by atoms with Crippen molar-refractivity contribution in [3.8, 4) is 0 Å². The standard InChI is InChI=1S/C17H17BrN2O3/c1-10-6-7-14(13(18)8-10)19-15(21)9-20-16(22)11-4-2-3-5-12(11)17(20)23/h2-3,6-8,11-12H,4-5,9H2,1H3,(H,19,21)/t11-,12+. The van der Waals surface area contributed by atoms with Crippen LogP contribution in [0.1, 0.15) is 18.4 Å². The second-order valence-electron chi connectivity index (χ2n) is 5.95.